The van der Waals surface area contributed by atoms with Gasteiger partial charge in [-0.3, -0.25) is 4.79 Å². The van der Waals surface area contributed by atoms with E-state index in [1.807, 2.05) is 13.0 Å². The Hall–Kier alpha value is -2.55. The third kappa shape index (κ3) is 6.27. The van der Waals surface area contributed by atoms with E-state index in [-0.39, 0.29) is 25.1 Å². The molecule has 0 fully saturated rings. The van der Waals surface area contributed by atoms with Gasteiger partial charge in [0.15, 0.2) is 0 Å². The van der Waals surface area contributed by atoms with Crippen molar-refractivity contribution in [3.63, 3.8) is 0 Å². The number of nitriles is 1. The smallest absolute Gasteiger partial charge is 0.465 e. The predicted molar refractivity (Wildman–Crippen MR) is 78.2 cm³/mol. The minimum absolute atomic E-state index is 0.100. The highest BCUT2D eigenvalue weighted by atomic mass is 16.7. The molecule has 1 aromatic carbocycles. The number of hydrogen-bond donors (Lipinski definition) is 0. The monoisotopic (exact) mass is 305 g/mol. The molecule has 0 N–H and O–H groups in total. The fraction of sp³-hybridized carbons (Fsp3) is 0.438. The summed E-state index contributed by atoms with van der Waals surface area (Å²) in [6, 6.07) is 8.06. The van der Waals surface area contributed by atoms with Crippen LogP contribution in [0.4, 0.5) is 4.79 Å². The van der Waals surface area contributed by atoms with Gasteiger partial charge in [0.05, 0.1) is 30.8 Å². The molecule has 0 heterocycles. The van der Waals surface area contributed by atoms with Crippen molar-refractivity contribution in [3.8, 4) is 11.8 Å². The van der Waals surface area contributed by atoms with Crippen molar-refractivity contribution in [1.29, 1.82) is 5.26 Å². The van der Waals surface area contributed by atoms with Crippen molar-refractivity contribution in [2.75, 3.05) is 13.2 Å². The zero-order valence-corrected chi connectivity index (χ0v) is 12.7. The number of ether oxygens (including phenoxy) is 3. The molecular weight excluding hydrogens is 286 g/mol. The van der Waals surface area contributed by atoms with Crippen LogP contribution in [0.1, 0.15) is 32.3 Å². The maximum absolute atomic E-state index is 11.4. The lowest BCUT2D eigenvalue weighted by Crippen LogP contribution is -2.17. The topological polar surface area (TPSA) is 85.6 Å². The molecule has 6 heteroatoms. The summed E-state index contributed by atoms with van der Waals surface area (Å²) < 4.78 is 14.8. The Labute approximate surface area is 129 Å². The molecule has 1 rings (SSSR count). The fourth-order valence-electron chi connectivity index (χ4n) is 1.42. The van der Waals surface area contributed by atoms with Crippen LogP contribution < -0.4 is 4.74 Å². The maximum atomic E-state index is 11.4. The quantitative estimate of drug-likeness (QED) is 0.437. The lowest BCUT2D eigenvalue weighted by Gasteiger charge is -2.09. The van der Waals surface area contributed by atoms with Crippen molar-refractivity contribution in [1.82, 2.24) is 0 Å². The lowest BCUT2D eigenvalue weighted by atomic mass is 10.1. The molecule has 0 aliphatic carbocycles. The first-order chi connectivity index (χ1) is 10.6. The average Bonchev–Trinajstić information content (AvgIpc) is 2.54. The Morgan fingerprint density at radius 3 is 2.41 bits per heavy atom. The standard InChI is InChI=1S/C16H19NO5/c1-3-12(2)15(18)20-9-4-10-21-16(19)22-14-7-5-13(11-17)6-8-14/h5-8,12H,3-4,9-10H2,1-2H3. The zero-order chi connectivity index (χ0) is 16.4. The fourth-order valence-corrected chi connectivity index (χ4v) is 1.42. The summed E-state index contributed by atoms with van der Waals surface area (Å²) in [4.78, 5) is 22.8. The van der Waals surface area contributed by atoms with Crippen LogP contribution in [0.2, 0.25) is 0 Å². The van der Waals surface area contributed by atoms with Gasteiger partial charge in [0, 0.05) is 6.42 Å². The lowest BCUT2D eigenvalue weighted by molar-refractivity contribution is -0.148. The van der Waals surface area contributed by atoms with E-state index in [4.69, 9.17) is 19.5 Å². The van der Waals surface area contributed by atoms with Crippen LogP contribution in [0.3, 0.4) is 0 Å². The Morgan fingerprint density at radius 1 is 1.18 bits per heavy atom. The van der Waals surface area contributed by atoms with Gasteiger partial charge in [-0.15, -0.1) is 0 Å². The van der Waals surface area contributed by atoms with E-state index in [1.54, 1.807) is 6.92 Å². The van der Waals surface area contributed by atoms with Gasteiger partial charge in [-0.2, -0.15) is 5.26 Å². The van der Waals surface area contributed by atoms with Crippen molar-refractivity contribution >= 4 is 12.1 Å². The van der Waals surface area contributed by atoms with Crippen LogP contribution in [0.5, 0.6) is 5.75 Å². The molecule has 0 saturated heterocycles. The van der Waals surface area contributed by atoms with E-state index in [2.05, 4.69) is 0 Å². The Kier molecular flexibility index (Phi) is 7.48. The first-order valence-electron chi connectivity index (χ1n) is 7.08. The van der Waals surface area contributed by atoms with E-state index in [0.29, 0.717) is 17.7 Å². The molecule has 0 aliphatic heterocycles. The number of nitrogens with zero attached hydrogens (tertiary/aromatic N) is 1. The van der Waals surface area contributed by atoms with Crippen molar-refractivity contribution in [2.45, 2.75) is 26.7 Å². The number of hydrogen-bond acceptors (Lipinski definition) is 6. The highest BCUT2D eigenvalue weighted by Gasteiger charge is 2.11. The van der Waals surface area contributed by atoms with Crippen LogP contribution >= 0.6 is 0 Å². The molecule has 0 radical (unpaired) electrons. The normalized spacial score (nSPS) is 11.1. The number of rotatable bonds is 7. The summed E-state index contributed by atoms with van der Waals surface area (Å²) in [6.07, 6.45) is 0.301. The van der Waals surface area contributed by atoms with Gasteiger partial charge in [0.1, 0.15) is 5.75 Å². The van der Waals surface area contributed by atoms with Gasteiger partial charge < -0.3 is 14.2 Å². The summed E-state index contributed by atoms with van der Waals surface area (Å²) in [5, 5.41) is 8.65. The van der Waals surface area contributed by atoms with E-state index < -0.39 is 6.16 Å². The summed E-state index contributed by atoms with van der Waals surface area (Å²) in [6.45, 7) is 4.01. The summed E-state index contributed by atoms with van der Waals surface area (Å²) in [5.41, 5.74) is 0.476. The Bertz CT molecular complexity index is 532. The summed E-state index contributed by atoms with van der Waals surface area (Å²) >= 11 is 0. The van der Waals surface area contributed by atoms with Crippen LogP contribution in [-0.2, 0) is 14.3 Å². The minimum atomic E-state index is -0.835. The molecule has 22 heavy (non-hydrogen) atoms. The highest BCUT2D eigenvalue weighted by Crippen LogP contribution is 2.12. The van der Waals surface area contributed by atoms with Crippen LogP contribution in [0.25, 0.3) is 0 Å². The minimum Gasteiger partial charge on any atom is -0.465 e. The molecule has 0 aromatic heterocycles. The van der Waals surface area contributed by atoms with E-state index >= 15 is 0 Å². The van der Waals surface area contributed by atoms with Gasteiger partial charge >= 0.3 is 12.1 Å². The predicted octanol–water partition coefficient (Wildman–Crippen LogP) is 3.05. The molecule has 6 nitrogen and oxygen atoms in total. The first-order valence-corrected chi connectivity index (χ1v) is 7.08. The van der Waals surface area contributed by atoms with Gasteiger partial charge in [-0.1, -0.05) is 13.8 Å². The zero-order valence-electron chi connectivity index (χ0n) is 12.7. The number of esters is 1. The number of benzene rings is 1. The highest BCUT2D eigenvalue weighted by molar-refractivity contribution is 5.71. The molecular formula is C16H19NO5. The number of carbonyl (C=O) groups excluding carboxylic acids is 2. The van der Waals surface area contributed by atoms with E-state index in [9.17, 15) is 9.59 Å². The van der Waals surface area contributed by atoms with Crippen molar-refractivity contribution < 1.29 is 23.8 Å². The maximum Gasteiger partial charge on any atom is 0.513 e. The van der Waals surface area contributed by atoms with Crippen LogP contribution in [0, 0.1) is 17.2 Å². The van der Waals surface area contributed by atoms with E-state index in [1.165, 1.54) is 24.3 Å². The van der Waals surface area contributed by atoms with Crippen LogP contribution in [-0.4, -0.2) is 25.3 Å². The van der Waals surface area contributed by atoms with Crippen molar-refractivity contribution in [2.24, 2.45) is 5.92 Å². The molecule has 0 bridgehead atoms. The van der Waals surface area contributed by atoms with Gasteiger partial charge in [0.2, 0.25) is 0 Å². The third-order valence-electron chi connectivity index (χ3n) is 2.95. The second-order valence-corrected chi connectivity index (χ2v) is 4.67. The molecule has 1 atom stereocenters. The molecule has 0 saturated carbocycles. The third-order valence-corrected chi connectivity index (χ3v) is 2.95. The SMILES string of the molecule is CCC(C)C(=O)OCCCOC(=O)Oc1ccc(C#N)cc1. The average molecular weight is 305 g/mol. The van der Waals surface area contributed by atoms with Gasteiger partial charge in [-0.05, 0) is 30.7 Å². The molecule has 118 valence electrons. The first kappa shape index (κ1) is 17.5. The second kappa shape index (κ2) is 9.40. The van der Waals surface area contributed by atoms with Crippen molar-refractivity contribution in [3.05, 3.63) is 29.8 Å². The Morgan fingerprint density at radius 2 is 1.82 bits per heavy atom. The summed E-state index contributed by atoms with van der Waals surface area (Å²) in [7, 11) is 0. The molecule has 1 aromatic rings. The molecule has 0 aliphatic rings. The molecule has 0 amide bonds. The Balaban J connectivity index is 2.18. The van der Waals surface area contributed by atoms with Gasteiger partial charge in [-0.25, -0.2) is 4.79 Å². The second-order valence-electron chi connectivity index (χ2n) is 4.67. The van der Waals surface area contributed by atoms with Crippen LogP contribution in [0.15, 0.2) is 24.3 Å². The summed E-state index contributed by atoms with van der Waals surface area (Å²) in [5.74, 6) is -0.0721. The number of carbonyl (C=O) groups is 2. The largest absolute Gasteiger partial charge is 0.513 e. The van der Waals surface area contributed by atoms with E-state index in [0.717, 1.165) is 6.42 Å². The van der Waals surface area contributed by atoms with Gasteiger partial charge in [0.25, 0.3) is 0 Å². The molecule has 1 unspecified atom stereocenters. The molecule has 0 spiro atoms.